The van der Waals surface area contributed by atoms with Crippen molar-refractivity contribution in [2.24, 2.45) is 0 Å². The molecule has 0 fully saturated rings. The minimum Gasteiger partial charge on any atom is -0.383 e. The van der Waals surface area contributed by atoms with E-state index in [1.165, 1.54) is 12.1 Å². The van der Waals surface area contributed by atoms with Gasteiger partial charge in [0.1, 0.15) is 17.7 Å². The number of aliphatic hydroxyl groups is 1. The first-order valence-electron chi connectivity index (χ1n) is 5.17. The smallest absolute Gasteiger partial charge is 0.161 e. The Hall–Kier alpha value is -1.40. The third-order valence-electron chi connectivity index (χ3n) is 2.59. The van der Waals surface area contributed by atoms with Gasteiger partial charge in [-0.15, -0.1) is 0 Å². The normalized spacial score (nSPS) is 12.5. The van der Waals surface area contributed by atoms with Gasteiger partial charge >= 0.3 is 0 Å². The summed E-state index contributed by atoms with van der Waals surface area (Å²) < 4.78 is 53.4. The molecule has 0 bridgehead atoms. The maximum atomic E-state index is 13.6. The first kappa shape index (κ1) is 14.0. The van der Waals surface area contributed by atoms with Crippen LogP contribution in [0, 0.1) is 23.3 Å². The van der Waals surface area contributed by atoms with E-state index in [1.807, 2.05) is 0 Å². The van der Waals surface area contributed by atoms with Gasteiger partial charge in [0.15, 0.2) is 11.6 Å². The molecule has 1 atom stereocenters. The van der Waals surface area contributed by atoms with Gasteiger partial charge in [0.2, 0.25) is 0 Å². The van der Waals surface area contributed by atoms with E-state index in [1.54, 1.807) is 0 Å². The van der Waals surface area contributed by atoms with Gasteiger partial charge in [-0.1, -0.05) is 22.0 Å². The molecule has 0 aliphatic rings. The number of halogens is 5. The van der Waals surface area contributed by atoms with Crippen LogP contribution in [0.5, 0.6) is 0 Å². The van der Waals surface area contributed by atoms with E-state index in [4.69, 9.17) is 0 Å². The largest absolute Gasteiger partial charge is 0.383 e. The number of benzene rings is 2. The van der Waals surface area contributed by atoms with Crippen molar-refractivity contribution in [3.8, 4) is 0 Å². The molecule has 100 valence electrons. The summed E-state index contributed by atoms with van der Waals surface area (Å²) >= 11 is 3.03. The molecule has 2 aromatic carbocycles. The zero-order valence-corrected chi connectivity index (χ0v) is 10.9. The van der Waals surface area contributed by atoms with Gasteiger partial charge < -0.3 is 5.11 Å². The van der Waals surface area contributed by atoms with Crippen LogP contribution in [0.2, 0.25) is 0 Å². The molecular weight excluding hydrogens is 328 g/mol. The third-order valence-corrected chi connectivity index (χ3v) is 3.08. The van der Waals surface area contributed by atoms with E-state index in [0.29, 0.717) is 16.6 Å². The Morgan fingerprint density at radius 2 is 1.37 bits per heavy atom. The molecule has 19 heavy (non-hydrogen) atoms. The van der Waals surface area contributed by atoms with Crippen LogP contribution in [0.3, 0.4) is 0 Å². The molecule has 0 saturated carbocycles. The summed E-state index contributed by atoms with van der Waals surface area (Å²) in [7, 11) is 0. The maximum absolute atomic E-state index is 13.6. The topological polar surface area (TPSA) is 20.2 Å². The zero-order valence-electron chi connectivity index (χ0n) is 9.30. The van der Waals surface area contributed by atoms with Crippen molar-refractivity contribution in [2.45, 2.75) is 6.10 Å². The molecule has 0 aromatic heterocycles. The highest BCUT2D eigenvalue weighted by Gasteiger charge is 2.21. The molecule has 0 aliphatic carbocycles. The van der Waals surface area contributed by atoms with Crippen molar-refractivity contribution >= 4 is 15.9 Å². The first-order valence-corrected chi connectivity index (χ1v) is 5.97. The third kappa shape index (κ3) is 2.79. The minimum atomic E-state index is -1.72. The minimum absolute atomic E-state index is 0.229. The molecule has 1 unspecified atom stereocenters. The van der Waals surface area contributed by atoms with Crippen molar-refractivity contribution in [1.82, 2.24) is 0 Å². The molecule has 0 radical (unpaired) electrons. The molecule has 2 rings (SSSR count). The highest BCUT2D eigenvalue weighted by molar-refractivity contribution is 9.10. The lowest BCUT2D eigenvalue weighted by Gasteiger charge is -2.14. The summed E-state index contributed by atoms with van der Waals surface area (Å²) in [4.78, 5) is 0. The van der Waals surface area contributed by atoms with Crippen LogP contribution >= 0.6 is 15.9 Å². The summed E-state index contributed by atoms with van der Waals surface area (Å²) in [5, 5.41) is 9.88. The number of hydrogen-bond donors (Lipinski definition) is 1. The summed E-state index contributed by atoms with van der Waals surface area (Å²) in [6.45, 7) is 0. The van der Waals surface area contributed by atoms with Gasteiger partial charge in [-0.25, -0.2) is 17.6 Å². The van der Waals surface area contributed by atoms with E-state index in [9.17, 15) is 22.7 Å². The fourth-order valence-corrected chi connectivity index (χ4v) is 1.97. The van der Waals surface area contributed by atoms with E-state index >= 15 is 0 Å². The van der Waals surface area contributed by atoms with Crippen LogP contribution in [0.1, 0.15) is 17.2 Å². The van der Waals surface area contributed by atoms with E-state index in [0.717, 1.165) is 6.07 Å². The Labute approximate surface area is 114 Å². The van der Waals surface area contributed by atoms with E-state index < -0.39 is 34.9 Å². The van der Waals surface area contributed by atoms with Crippen molar-refractivity contribution in [3.05, 3.63) is 69.2 Å². The van der Waals surface area contributed by atoms with Crippen LogP contribution in [0.4, 0.5) is 17.6 Å². The summed E-state index contributed by atoms with van der Waals surface area (Å²) in [5.41, 5.74) is -0.756. The Balaban J connectivity index is 2.49. The average molecular weight is 335 g/mol. The molecule has 0 aliphatic heterocycles. The Morgan fingerprint density at radius 3 is 2.00 bits per heavy atom. The predicted octanol–water partition coefficient (Wildman–Crippen LogP) is 4.09. The molecule has 0 amide bonds. The quantitative estimate of drug-likeness (QED) is 0.648. The van der Waals surface area contributed by atoms with E-state index in [-0.39, 0.29) is 5.56 Å². The summed E-state index contributed by atoms with van der Waals surface area (Å²) in [6.07, 6.45) is -1.72. The predicted molar refractivity (Wildman–Crippen MR) is 64.5 cm³/mol. The van der Waals surface area contributed by atoms with E-state index in [2.05, 4.69) is 15.9 Å². The lowest BCUT2D eigenvalue weighted by molar-refractivity contribution is 0.208. The van der Waals surface area contributed by atoms with Gasteiger partial charge in [-0.3, -0.25) is 0 Å². The van der Waals surface area contributed by atoms with Crippen molar-refractivity contribution < 1.29 is 22.7 Å². The monoisotopic (exact) mass is 334 g/mol. The highest BCUT2D eigenvalue weighted by atomic mass is 79.9. The van der Waals surface area contributed by atoms with Crippen LogP contribution < -0.4 is 0 Å². The SMILES string of the molecule is OC(c1ccc(Br)cc1F)c1cc(F)c(F)cc1F. The number of hydrogen-bond acceptors (Lipinski definition) is 1. The lowest BCUT2D eigenvalue weighted by atomic mass is 10.0. The summed E-state index contributed by atoms with van der Waals surface area (Å²) in [5.74, 6) is -4.61. The zero-order chi connectivity index (χ0) is 14.2. The molecule has 0 spiro atoms. The number of rotatable bonds is 2. The second kappa shape index (κ2) is 5.30. The Kier molecular flexibility index (Phi) is 3.91. The molecular formula is C13H7BrF4O. The maximum Gasteiger partial charge on any atom is 0.161 e. The Bertz CT molecular complexity index is 630. The molecule has 0 heterocycles. The van der Waals surface area contributed by atoms with Crippen molar-refractivity contribution in [3.63, 3.8) is 0 Å². The van der Waals surface area contributed by atoms with Crippen LogP contribution in [0.15, 0.2) is 34.8 Å². The van der Waals surface area contributed by atoms with Gasteiger partial charge in [-0.2, -0.15) is 0 Å². The highest BCUT2D eigenvalue weighted by Crippen LogP contribution is 2.29. The average Bonchev–Trinajstić information content (AvgIpc) is 2.33. The van der Waals surface area contributed by atoms with Gasteiger partial charge in [0.05, 0.1) is 0 Å². The fraction of sp³-hybridized carbons (Fsp3) is 0.0769. The van der Waals surface area contributed by atoms with Gasteiger partial charge in [-0.05, 0) is 18.2 Å². The fourth-order valence-electron chi connectivity index (χ4n) is 1.64. The summed E-state index contributed by atoms with van der Waals surface area (Å²) in [6, 6.07) is 4.57. The second-order valence-corrected chi connectivity index (χ2v) is 4.77. The first-order chi connectivity index (χ1) is 8.90. The lowest BCUT2D eigenvalue weighted by Crippen LogP contribution is -2.06. The van der Waals surface area contributed by atoms with Crippen LogP contribution in [0.25, 0.3) is 0 Å². The molecule has 2 aromatic rings. The molecule has 6 heteroatoms. The van der Waals surface area contributed by atoms with Gasteiger partial charge in [0.25, 0.3) is 0 Å². The number of aliphatic hydroxyl groups excluding tert-OH is 1. The van der Waals surface area contributed by atoms with Crippen LogP contribution in [-0.4, -0.2) is 5.11 Å². The van der Waals surface area contributed by atoms with Crippen molar-refractivity contribution in [1.29, 1.82) is 0 Å². The molecule has 1 nitrogen and oxygen atoms in total. The van der Waals surface area contributed by atoms with Crippen LogP contribution in [-0.2, 0) is 0 Å². The molecule has 0 saturated heterocycles. The second-order valence-electron chi connectivity index (χ2n) is 3.86. The Morgan fingerprint density at radius 1 is 0.789 bits per heavy atom. The standard InChI is InChI=1S/C13H7BrF4O/c14-6-1-2-7(9(15)3-6)13(19)8-4-11(17)12(18)5-10(8)16/h1-5,13,19H. The van der Waals surface area contributed by atoms with Gasteiger partial charge in [0, 0.05) is 21.7 Å². The molecule has 1 N–H and O–H groups in total. The van der Waals surface area contributed by atoms with Crippen molar-refractivity contribution in [2.75, 3.05) is 0 Å².